The lowest BCUT2D eigenvalue weighted by Gasteiger charge is -2.03. The van der Waals surface area contributed by atoms with Gasteiger partial charge in [-0.15, -0.1) is 0 Å². The number of ether oxygens (including phenoxy) is 1. The van der Waals surface area contributed by atoms with Crippen LogP contribution in [0.4, 0.5) is 5.69 Å². The van der Waals surface area contributed by atoms with Crippen molar-refractivity contribution < 1.29 is 19.4 Å². The zero-order valence-electron chi connectivity index (χ0n) is 11.3. The Morgan fingerprint density at radius 1 is 1.32 bits per heavy atom. The third-order valence-electron chi connectivity index (χ3n) is 2.22. The van der Waals surface area contributed by atoms with Crippen LogP contribution < -0.4 is 5.73 Å². The lowest BCUT2D eigenvalue weighted by Crippen LogP contribution is -2.07. The van der Waals surface area contributed by atoms with E-state index >= 15 is 0 Å². The first-order valence-corrected chi connectivity index (χ1v) is 6.46. The number of nitrogens with two attached hydrogens (primary N) is 1. The van der Waals surface area contributed by atoms with E-state index in [1.165, 1.54) is 25.4 Å². The first-order valence-electron chi connectivity index (χ1n) is 5.71. The molecule has 116 valence electrons. The second kappa shape index (κ2) is 8.16. The quantitative estimate of drug-likeness (QED) is 0.635. The van der Waals surface area contributed by atoms with E-state index < -0.39 is 11.9 Å². The number of aromatic nitrogens is 2. The third-order valence-corrected chi connectivity index (χ3v) is 2.81. The van der Waals surface area contributed by atoms with Gasteiger partial charge in [0.1, 0.15) is 10.8 Å². The molecule has 2 aromatic heterocycles. The standard InChI is InChI=1S/C7H6Cl2N2O2.C6H5NO2/c1-13-7(12)6-5(9)3(10)2-4(8)11-6;8-6(9)5-3-1-2-4-7-5/h2H,1H3,(H2,10,11);1-4H,(H,8,9). The number of hydrogen-bond acceptors (Lipinski definition) is 6. The average Bonchev–Trinajstić information content (AvgIpc) is 2.51. The van der Waals surface area contributed by atoms with Crippen LogP contribution in [0.3, 0.4) is 0 Å². The molecule has 0 spiro atoms. The number of aromatic carboxylic acids is 1. The Hall–Kier alpha value is -2.38. The summed E-state index contributed by atoms with van der Waals surface area (Å²) < 4.78 is 4.43. The zero-order valence-corrected chi connectivity index (χ0v) is 12.8. The first-order chi connectivity index (χ1) is 10.4. The minimum Gasteiger partial charge on any atom is -0.477 e. The Bertz CT molecular complexity index is 680. The van der Waals surface area contributed by atoms with Crippen LogP contribution in [0.15, 0.2) is 30.5 Å². The SMILES string of the molecule is COC(=O)c1nc(Cl)cc(N)c1Cl.O=C(O)c1ccccn1. The fourth-order valence-corrected chi connectivity index (χ4v) is 1.61. The van der Waals surface area contributed by atoms with E-state index in [1.54, 1.807) is 12.1 Å². The zero-order chi connectivity index (χ0) is 16.7. The summed E-state index contributed by atoms with van der Waals surface area (Å²) in [6.07, 6.45) is 1.45. The topological polar surface area (TPSA) is 115 Å². The predicted molar refractivity (Wildman–Crippen MR) is 81.2 cm³/mol. The minimum absolute atomic E-state index is 0.0521. The number of methoxy groups -OCH3 is 1. The molecule has 0 aliphatic rings. The number of nitrogens with zero attached hydrogens (tertiary/aromatic N) is 2. The Morgan fingerprint density at radius 2 is 2.00 bits per heavy atom. The van der Waals surface area contributed by atoms with Crippen molar-refractivity contribution in [2.24, 2.45) is 0 Å². The maximum Gasteiger partial charge on any atom is 0.358 e. The number of carboxylic acid groups (broad SMARTS) is 1. The van der Waals surface area contributed by atoms with Crippen LogP contribution in [0.2, 0.25) is 10.2 Å². The lowest BCUT2D eigenvalue weighted by atomic mass is 10.3. The van der Waals surface area contributed by atoms with Gasteiger partial charge in [-0.25, -0.2) is 19.6 Å². The summed E-state index contributed by atoms with van der Waals surface area (Å²) in [4.78, 5) is 28.5. The number of esters is 1. The van der Waals surface area contributed by atoms with Gasteiger partial charge in [-0.3, -0.25) is 0 Å². The molecule has 0 atom stereocenters. The van der Waals surface area contributed by atoms with Gasteiger partial charge in [-0.1, -0.05) is 29.3 Å². The Balaban J connectivity index is 0.000000235. The number of pyridine rings is 2. The van der Waals surface area contributed by atoms with Crippen LogP contribution in [-0.4, -0.2) is 34.1 Å². The maximum absolute atomic E-state index is 11.1. The van der Waals surface area contributed by atoms with Crippen LogP contribution in [0.5, 0.6) is 0 Å². The summed E-state index contributed by atoms with van der Waals surface area (Å²) in [5, 5.41) is 8.47. The summed E-state index contributed by atoms with van der Waals surface area (Å²) in [5.74, 6) is -1.66. The van der Waals surface area contributed by atoms with Gasteiger partial charge < -0.3 is 15.6 Å². The summed E-state index contributed by atoms with van der Waals surface area (Å²) in [6.45, 7) is 0. The van der Waals surface area contributed by atoms with Gasteiger partial charge in [0.25, 0.3) is 0 Å². The van der Waals surface area contributed by atoms with E-state index in [9.17, 15) is 9.59 Å². The molecule has 22 heavy (non-hydrogen) atoms. The smallest absolute Gasteiger partial charge is 0.358 e. The van der Waals surface area contributed by atoms with E-state index in [2.05, 4.69) is 14.7 Å². The molecule has 0 aromatic carbocycles. The highest BCUT2D eigenvalue weighted by Crippen LogP contribution is 2.25. The average molecular weight is 344 g/mol. The molecule has 0 saturated heterocycles. The first kappa shape index (κ1) is 17.7. The number of halogens is 2. The molecule has 0 bridgehead atoms. The van der Waals surface area contributed by atoms with Gasteiger partial charge >= 0.3 is 11.9 Å². The molecule has 9 heteroatoms. The predicted octanol–water partition coefficient (Wildman–Crippen LogP) is 2.54. The fraction of sp³-hybridized carbons (Fsp3) is 0.0769. The minimum atomic E-state index is -0.990. The second-order valence-corrected chi connectivity index (χ2v) is 4.47. The number of rotatable bonds is 2. The van der Waals surface area contributed by atoms with E-state index in [4.69, 9.17) is 34.0 Å². The highest BCUT2D eigenvalue weighted by atomic mass is 35.5. The van der Waals surface area contributed by atoms with Gasteiger partial charge in [0.2, 0.25) is 0 Å². The van der Waals surface area contributed by atoms with Gasteiger partial charge in [0, 0.05) is 6.20 Å². The molecular formula is C13H11Cl2N3O4. The molecule has 2 heterocycles. The van der Waals surface area contributed by atoms with Gasteiger partial charge in [-0.05, 0) is 18.2 Å². The van der Waals surface area contributed by atoms with Gasteiger partial charge in [-0.2, -0.15) is 0 Å². The van der Waals surface area contributed by atoms with Gasteiger partial charge in [0.05, 0.1) is 17.8 Å². The molecular weight excluding hydrogens is 333 g/mol. The molecule has 7 nitrogen and oxygen atoms in total. The molecule has 2 rings (SSSR count). The molecule has 2 aromatic rings. The molecule has 0 aliphatic heterocycles. The van der Waals surface area contributed by atoms with Crippen molar-refractivity contribution in [3.8, 4) is 0 Å². The number of nitrogen functional groups attached to an aromatic ring is 1. The molecule has 0 amide bonds. The normalized spacial score (nSPS) is 9.41. The Morgan fingerprint density at radius 3 is 2.45 bits per heavy atom. The summed E-state index contributed by atoms with van der Waals surface area (Å²) >= 11 is 11.3. The number of carboxylic acids is 1. The largest absolute Gasteiger partial charge is 0.477 e. The highest BCUT2D eigenvalue weighted by molar-refractivity contribution is 6.37. The summed E-state index contributed by atoms with van der Waals surface area (Å²) in [5.41, 5.74) is 5.65. The Labute approximate surface area is 135 Å². The van der Waals surface area contributed by atoms with Crippen LogP contribution in [0.25, 0.3) is 0 Å². The number of anilines is 1. The van der Waals surface area contributed by atoms with E-state index in [0.29, 0.717) is 0 Å². The summed E-state index contributed by atoms with van der Waals surface area (Å²) in [7, 11) is 1.22. The summed E-state index contributed by atoms with van der Waals surface area (Å²) in [6, 6.07) is 6.11. The van der Waals surface area contributed by atoms with Crippen LogP contribution in [-0.2, 0) is 4.74 Å². The highest BCUT2D eigenvalue weighted by Gasteiger charge is 2.15. The van der Waals surface area contributed by atoms with Crippen molar-refractivity contribution >= 4 is 40.8 Å². The van der Waals surface area contributed by atoms with Crippen molar-refractivity contribution in [3.05, 3.63) is 52.0 Å². The molecule has 0 radical (unpaired) electrons. The number of carbonyl (C=O) groups excluding carboxylic acids is 1. The second-order valence-electron chi connectivity index (χ2n) is 3.71. The monoisotopic (exact) mass is 343 g/mol. The fourth-order valence-electron chi connectivity index (χ4n) is 1.24. The van der Waals surface area contributed by atoms with E-state index in [0.717, 1.165) is 0 Å². The van der Waals surface area contributed by atoms with Crippen LogP contribution in [0.1, 0.15) is 21.0 Å². The maximum atomic E-state index is 11.1. The Kier molecular flexibility index (Phi) is 6.55. The molecule has 0 aliphatic carbocycles. The van der Waals surface area contributed by atoms with Crippen molar-refractivity contribution in [1.82, 2.24) is 9.97 Å². The third kappa shape index (κ3) is 4.87. The number of carbonyl (C=O) groups is 2. The van der Waals surface area contributed by atoms with Crippen LogP contribution in [0, 0.1) is 0 Å². The van der Waals surface area contributed by atoms with E-state index in [-0.39, 0.29) is 27.3 Å². The van der Waals surface area contributed by atoms with Crippen LogP contribution >= 0.6 is 23.2 Å². The lowest BCUT2D eigenvalue weighted by molar-refractivity contribution is 0.0593. The molecule has 0 unspecified atom stereocenters. The van der Waals surface area contributed by atoms with Crippen molar-refractivity contribution in [2.45, 2.75) is 0 Å². The van der Waals surface area contributed by atoms with Crippen molar-refractivity contribution in [2.75, 3.05) is 12.8 Å². The molecule has 0 saturated carbocycles. The molecule has 3 N–H and O–H groups in total. The van der Waals surface area contributed by atoms with Crippen molar-refractivity contribution in [3.63, 3.8) is 0 Å². The number of hydrogen-bond donors (Lipinski definition) is 2. The van der Waals surface area contributed by atoms with E-state index in [1.807, 2.05) is 0 Å². The van der Waals surface area contributed by atoms with Crippen molar-refractivity contribution in [1.29, 1.82) is 0 Å². The molecule has 0 fully saturated rings. The van der Waals surface area contributed by atoms with Gasteiger partial charge in [0.15, 0.2) is 5.69 Å².